The van der Waals surface area contributed by atoms with Crippen molar-refractivity contribution in [3.8, 4) is 5.75 Å². The summed E-state index contributed by atoms with van der Waals surface area (Å²) in [6, 6.07) is 4.67. The van der Waals surface area contributed by atoms with Gasteiger partial charge < -0.3 is 14.6 Å². The van der Waals surface area contributed by atoms with Crippen LogP contribution in [0.3, 0.4) is 0 Å². The van der Waals surface area contributed by atoms with Crippen LogP contribution in [-0.4, -0.2) is 69.5 Å². The summed E-state index contributed by atoms with van der Waals surface area (Å²) in [5.74, 6) is -0.529. The van der Waals surface area contributed by atoms with E-state index in [4.69, 9.17) is 0 Å². The van der Waals surface area contributed by atoms with Gasteiger partial charge in [-0.15, -0.1) is 11.8 Å². The number of rotatable bonds is 3. The van der Waals surface area contributed by atoms with E-state index in [1.807, 2.05) is 0 Å². The third kappa shape index (κ3) is 3.50. The van der Waals surface area contributed by atoms with E-state index in [2.05, 4.69) is 5.32 Å². The number of hydrogen-bond donors (Lipinski definition) is 2. The number of thioether (sulfide) groups is 1. The van der Waals surface area contributed by atoms with Crippen LogP contribution in [0.4, 0.5) is 0 Å². The Morgan fingerprint density at radius 1 is 1.33 bits per heavy atom. The van der Waals surface area contributed by atoms with Crippen LogP contribution < -0.4 is 34.9 Å². The Kier molecular flexibility index (Phi) is 5.84. The van der Waals surface area contributed by atoms with Gasteiger partial charge in [-0.2, -0.15) is 0 Å². The zero-order chi connectivity index (χ0) is 18.6. The van der Waals surface area contributed by atoms with Gasteiger partial charge >= 0.3 is 29.6 Å². The van der Waals surface area contributed by atoms with Crippen molar-refractivity contribution < 1.29 is 57.2 Å². The van der Waals surface area contributed by atoms with Gasteiger partial charge in [-0.3, -0.25) is 14.9 Å². The van der Waals surface area contributed by atoms with E-state index in [1.165, 1.54) is 16.7 Å². The van der Waals surface area contributed by atoms with E-state index < -0.39 is 34.3 Å². The van der Waals surface area contributed by atoms with Gasteiger partial charge in [0.15, 0.2) is 10.3 Å². The number of nitrogens with zero attached hydrogens (tertiary/aromatic N) is 2. The van der Waals surface area contributed by atoms with Crippen LogP contribution in [0.25, 0.3) is 0 Å². The zero-order valence-electron chi connectivity index (χ0n) is 14.4. The van der Waals surface area contributed by atoms with Crippen LogP contribution >= 0.6 is 11.8 Å². The molecule has 1 aromatic carbocycles. The van der Waals surface area contributed by atoms with Crippen molar-refractivity contribution in [3.63, 3.8) is 0 Å². The van der Waals surface area contributed by atoms with E-state index in [-0.39, 0.29) is 59.6 Å². The number of fused-ring (bicyclic) bond motifs is 1. The fourth-order valence-corrected chi connectivity index (χ4v) is 5.90. The molecule has 1 aromatic rings. The molecule has 3 aliphatic heterocycles. The molecule has 0 bridgehead atoms. The van der Waals surface area contributed by atoms with Crippen molar-refractivity contribution in [2.24, 2.45) is 0 Å². The second kappa shape index (κ2) is 7.54. The molecule has 3 saturated heterocycles. The maximum atomic E-state index is 12.8. The summed E-state index contributed by atoms with van der Waals surface area (Å²) in [6.45, 7) is 0.232. The number of nitrogens with one attached hydrogen (secondary N) is 1. The maximum Gasteiger partial charge on any atom is 1.00 e. The molecule has 2 N–H and O–H groups in total. The van der Waals surface area contributed by atoms with Crippen LogP contribution in [0.15, 0.2) is 24.3 Å². The number of phenolic OH excluding ortho intramolecular Hbond substituents is 1. The van der Waals surface area contributed by atoms with Crippen molar-refractivity contribution in [3.05, 3.63) is 29.8 Å². The minimum Gasteiger partial charge on any atom is -0.731 e. The monoisotopic (exact) mass is 421 g/mol. The molecular formula is C15H16N3NaO6S2. The molecule has 9 nitrogen and oxygen atoms in total. The number of hydrogen-bond acceptors (Lipinski definition) is 8. The zero-order valence-corrected chi connectivity index (χ0v) is 18.1. The van der Waals surface area contributed by atoms with E-state index in [0.29, 0.717) is 15.6 Å². The fraction of sp³-hybridized carbons (Fsp3) is 0.467. The number of para-hydroxylation sites is 1. The fourth-order valence-electron chi connectivity index (χ4n) is 3.76. The van der Waals surface area contributed by atoms with Gasteiger partial charge in [-0.05, 0) is 12.5 Å². The molecule has 2 amide bonds. The predicted octanol–water partition coefficient (Wildman–Crippen LogP) is -3.63. The van der Waals surface area contributed by atoms with Crippen molar-refractivity contribution in [1.82, 2.24) is 14.5 Å². The molecule has 0 radical (unpaired) electrons. The molecule has 3 aliphatic rings. The molecule has 2 unspecified atom stereocenters. The Balaban J connectivity index is 0.00000210. The van der Waals surface area contributed by atoms with Gasteiger partial charge in [-0.1, -0.05) is 18.2 Å². The molecule has 3 fully saturated rings. The topological polar surface area (TPSA) is 130 Å². The molecular weight excluding hydrogens is 405 g/mol. The first-order valence-corrected chi connectivity index (χ1v) is 10.5. The standard InChI is InChI=1S/C15H17N3O6S2.Na/c19-11-4-2-1-3-8(11)13-16-9(7-25-13)14(20)17-6-5-10-12(17)15(21)18(10)26(22,23)24;/h1-4,9-10,12-13,16,19H,5-7H2,(H,22,23,24);/q;+1/p-1/t9-,10?,12?,13+;/m1./s1. The predicted molar refractivity (Wildman–Crippen MR) is 90.7 cm³/mol. The minimum absolute atomic E-state index is 0. The van der Waals surface area contributed by atoms with Gasteiger partial charge in [0, 0.05) is 17.9 Å². The number of carbonyl (C=O) groups is 2. The van der Waals surface area contributed by atoms with Crippen molar-refractivity contribution in [1.29, 1.82) is 0 Å². The van der Waals surface area contributed by atoms with Crippen molar-refractivity contribution in [2.75, 3.05) is 12.3 Å². The molecule has 27 heavy (non-hydrogen) atoms. The van der Waals surface area contributed by atoms with Gasteiger partial charge in [0.25, 0.3) is 5.91 Å². The summed E-state index contributed by atoms with van der Waals surface area (Å²) in [4.78, 5) is 26.2. The first kappa shape index (κ1) is 20.9. The van der Waals surface area contributed by atoms with Gasteiger partial charge in [0.05, 0.1) is 17.5 Å². The summed E-state index contributed by atoms with van der Waals surface area (Å²) in [6.07, 6.45) is 0.270. The van der Waals surface area contributed by atoms with Crippen LogP contribution in [-0.2, 0) is 19.9 Å². The molecule has 4 atom stereocenters. The second-order valence-corrected chi connectivity index (χ2v) is 8.80. The Morgan fingerprint density at radius 3 is 2.70 bits per heavy atom. The van der Waals surface area contributed by atoms with Crippen LogP contribution in [0.2, 0.25) is 0 Å². The Morgan fingerprint density at radius 2 is 2.04 bits per heavy atom. The van der Waals surface area contributed by atoms with Crippen molar-refractivity contribution in [2.45, 2.75) is 29.9 Å². The summed E-state index contributed by atoms with van der Waals surface area (Å²) in [5, 5.41) is 12.8. The Bertz CT molecular complexity index is 882. The summed E-state index contributed by atoms with van der Waals surface area (Å²) >= 11 is 1.47. The maximum absolute atomic E-state index is 12.8. The molecule has 0 spiro atoms. The normalized spacial score (nSPS) is 29.9. The van der Waals surface area contributed by atoms with Crippen LogP contribution in [0, 0.1) is 0 Å². The Hall–Kier alpha value is -0.820. The number of likely N-dealkylation sites (tertiary alicyclic amines) is 1. The van der Waals surface area contributed by atoms with E-state index in [9.17, 15) is 27.7 Å². The average molecular weight is 421 g/mol. The van der Waals surface area contributed by atoms with E-state index in [1.54, 1.807) is 24.3 Å². The number of carbonyl (C=O) groups excluding carboxylic acids is 2. The minimum atomic E-state index is -4.84. The third-order valence-electron chi connectivity index (χ3n) is 4.96. The smallest absolute Gasteiger partial charge is 0.731 e. The number of benzene rings is 1. The molecule has 140 valence electrons. The van der Waals surface area contributed by atoms with Gasteiger partial charge in [0.2, 0.25) is 5.91 Å². The van der Waals surface area contributed by atoms with E-state index in [0.717, 1.165) is 0 Å². The Labute approximate surface area is 182 Å². The van der Waals surface area contributed by atoms with Crippen LogP contribution in [0.5, 0.6) is 5.75 Å². The molecule has 0 aromatic heterocycles. The number of amides is 2. The molecule has 0 saturated carbocycles. The third-order valence-corrected chi connectivity index (χ3v) is 7.14. The second-order valence-electron chi connectivity index (χ2n) is 6.42. The number of β-lactam (4-membered cyclic amide) rings is 1. The molecule has 3 heterocycles. The average Bonchev–Trinajstić information content (AvgIpc) is 3.18. The quantitative estimate of drug-likeness (QED) is 0.291. The number of phenols is 1. The molecule has 4 rings (SSSR count). The van der Waals surface area contributed by atoms with E-state index >= 15 is 0 Å². The summed E-state index contributed by atoms with van der Waals surface area (Å²) in [7, 11) is -4.84. The van der Waals surface area contributed by atoms with Gasteiger partial charge in [0.1, 0.15) is 11.8 Å². The number of aromatic hydroxyl groups is 1. The largest absolute Gasteiger partial charge is 1.00 e. The van der Waals surface area contributed by atoms with Crippen LogP contribution in [0.1, 0.15) is 17.4 Å². The summed E-state index contributed by atoms with van der Waals surface area (Å²) < 4.78 is 33.8. The first-order valence-electron chi connectivity index (χ1n) is 8.04. The summed E-state index contributed by atoms with van der Waals surface area (Å²) in [5.41, 5.74) is 0.676. The van der Waals surface area contributed by atoms with Crippen molar-refractivity contribution >= 4 is 33.9 Å². The first-order chi connectivity index (χ1) is 12.3. The SMILES string of the molecule is O=C([C@H]1CS[C@@H](c2ccccc2O)N1)N1CCC2C1C(=O)N2S(=O)(=O)[O-].[Na+]. The van der Waals surface area contributed by atoms with Gasteiger partial charge in [-0.25, -0.2) is 12.7 Å². The molecule has 12 heteroatoms. The molecule has 0 aliphatic carbocycles.